The van der Waals surface area contributed by atoms with Crippen LogP contribution in [0.3, 0.4) is 0 Å². The van der Waals surface area contributed by atoms with Crippen molar-refractivity contribution < 1.29 is 9.59 Å². The summed E-state index contributed by atoms with van der Waals surface area (Å²) in [6.07, 6.45) is 0. The largest absolute Gasteiger partial charge is 0.354 e. The van der Waals surface area contributed by atoms with Crippen LogP contribution in [0.1, 0.15) is 46.0 Å². The first-order valence-electron chi connectivity index (χ1n) is 7.04. The van der Waals surface area contributed by atoms with Crippen LogP contribution in [0.15, 0.2) is 30.3 Å². The number of H-pyrrole nitrogens is 1. The molecule has 2 rings (SSSR count). The van der Waals surface area contributed by atoms with Crippen molar-refractivity contribution in [2.24, 2.45) is 0 Å². The van der Waals surface area contributed by atoms with Crippen molar-refractivity contribution in [1.82, 2.24) is 4.98 Å². The van der Waals surface area contributed by atoms with E-state index in [0.29, 0.717) is 17.8 Å². The van der Waals surface area contributed by atoms with E-state index in [9.17, 15) is 9.59 Å². The van der Waals surface area contributed by atoms with E-state index in [1.165, 1.54) is 6.92 Å². The summed E-state index contributed by atoms with van der Waals surface area (Å²) in [5, 5.41) is 0. The van der Waals surface area contributed by atoms with Crippen LogP contribution in [0.5, 0.6) is 0 Å². The molecule has 0 aliphatic heterocycles. The van der Waals surface area contributed by atoms with Crippen LogP contribution in [-0.2, 0) is 0 Å². The molecule has 1 N–H and O–H groups in total. The van der Waals surface area contributed by atoms with Crippen molar-refractivity contribution in [3.05, 3.63) is 52.8 Å². The van der Waals surface area contributed by atoms with E-state index in [0.717, 1.165) is 16.9 Å². The van der Waals surface area contributed by atoms with E-state index in [2.05, 4.69) is 4.98 Å². The van der Waals surface area contributed by atoms with Crippen molar-refractivity contribution >= 4 is 17.4 Å². The van der Waals surface area contributed by atoms with Crippen LogP contribution >= 0.6 is 0 Å². The molecule has 1 heterocycles. The third kappa shape index (κ3) is 2.75. The molecule has 4 heteroatoms. The number of para-hydroxylation sites is 1. The van der Waals surface area contributed by atoms with Gasteiger partial charge in [-0.15, -0.1) is 0 Å². The van der Waals surface area contributed by atoms with Gasteiger partial charge in [0.25, 0.3) is 5.91 Å². The van der Waals surface area contributed by atoms with Gasteiger partial charge >= 0.3 is 0 Å². The summed E-state index contributed by atoms with van der Waals surface area (Å²) in [6, 6.07) is 9.52. The summed E-state index contributed by atoms with van der Waals surface area (Å²) < 4.78 is 0. The van der Waals surface area contributed by atoms with Crippen LogP contribution in [0.25, 0.3) is 0 Å². The van der Waals surface area contributed by atoms with Gasteiger partial charge in [-0.25, -0.2) is 0 Å². The lowest BCUT2D eigenvalue weighted by atomic mass is 10.1. The van der Waals surface area contributed by atoms with Crippen LogP contribution in [0.2, 0.25) is 0 Å². The molecule has 21 heavy (non-hydrogen) atoms. The van der Waals surface area contributed by atoms with Gasteiger partial charge in [0, 0.05) is 23.5 Å². The van der Waals surface area contributed by atoms with Crippen LogP contribution in [-0.4, -0.2) is 23.2 Å². The van der Waals surface area contributed by atoms with E-state index in [1.54, 1.807) is 4.90 Å². The zero-order chi connectivity index (χ0) is 15.6. The maximum atomic E-state index is 12.8. The minimum absolute atomic E-state index is 0.0249. The molecule has 0 bridgehead atoms. The molecule has 1 aromatic carbocycles. The van der Waals surface area contributed by atoms with Gasteiger partial charge in [-0.3, -0.25) is 9.59 Å². The first-order chi connectivity index (χ1) is 9.97. The van der Waals surface area contributed by atoms with Crippen molar-refractivity contribution in [3.63, 3.8) is 0 Å². The van der Waals surface area contributed by atoms with Gasteiger partial charge in [0.1, 0.15) is 5.69 Å². The number of hydrogen-bond acceptors (Lipinski definition) is 2. The Balaban J connectivity index is 2.44. The molecular formula is C17H20N2O2. The van der Waals surface area contributed by atoms with Gasteiger partial charge in [-0.1, -0.05) is 18.2 Å². The highest BCUT2D eigenvalue weighted by Crippen LogP contribution is 2.22. The average Bonchev–Trinajstić information content (AvgIpc) is 2.75. The fraction of sp³-hybridized carbons (Fsp3) is 0.294. The molecular weight excluding hydrogens is 264 g/mol. The number of hydrogen-bond donors (Lipinski definition) is 1. The summed E-state index contributed by atoms with van der Waals surface area (Å²) >= 11 is 0. The lowest BCUT2D eigenvalue weighted by Gasteiger charge is -2.20. The van der Waals surface area contributed by atoms with Gasteiger partial charge in [0.05, 0.1) is 0 Å². The molecule has 0 radical (unpaired) electrons. The summed E-state index contributed by atoms with van der Waals surface area (Å²) in [7, 11) is 0. The molecule has 110 valence electrons. The minimum Gasteiger partial charge on any atom is -0.354 e. The van der Waals surface area contributed by atoms with Crippen molar-refractivity contribution in [2.75, 3.05) is 11.4 Å². The topological polar surface area (TPSA) is 53.2 Å². The lowest BCUT2D eigenvalue weighted by Crippen LogP contribution is -2.31. The molecule has 1 amide bonds. The number of aryl methyl sites for hydroxylation is 1. The second kappa shape index (κ2) is 5.95. The van der Waals surface area contributed by atoms with Crippen molar-refractivity contribution in [2.45, 2.75) is 27.7 Å². The van der Waals surface area contributed by atoms with Crippen LogP contribution in [0.4, 0.5) is 5.69 Å². The molecule has 0 fully saturated rings. The number of carbonyl (C=O) groups is 2. The highest BCUT2D eigenvalue weighted by Gasteiger charge is 2.23. The molecule has 0 unspecified atom stereocenters. The molecule has 0 saturated carbocycles. The highest BCUT2D eigenvalue weighted by atomic mass is 16.2. The predicted octanol–water partition coefficient (Wildman–Crippen LogP) is 3.50. The average molecular weight is 284 g/mol. The second-order valence-corrected chi connectivity index (χ2v) is 5.07. The first kappa shape index (κ1) is 15.0. The fourth-order valence-electron chi connectivity index (χ4n) is 2.68. The number of aromatic nitrogens is 1. The molecule has 0 aliphatic carbocycles. The Kier molecular flexibility index (Phi) is 4.26. The van der Waals surface area contributed by atoms with Crippen LogP contribution < -0.4 is 4.90 Å². The monoisotopic (exact) mass is 284 g/mol. The second-order valence-electron chi connectivity index (χ2n) is 5.07. The van der Waals surface area contributed by atoms with E-state index in [4.69, 9.17) is 0 Å². The standard InChI is InChI=1S/C17H20N2O2/c1-5-19(14-9-7-6-8-10-14)17(21)16-11(2)15(13(4)20)12(3)18-16/h6-10,18H,5H2,1-4H3. The van der Waals surface area contributed by atoms with Crippen LogP contribution in [0, 0.1) is 13.8 Å². The number of amides is 1. The first-order valence-corrected chi connectivity index (χ1v) is 7.04. The summed E-state index contributed by atoms with van der Waals surface area (Å²) in [5.41, 5.74) is 3.42. The number of aromatic amines is 1. The maximum Gasteiger partial charge on any atom is 0.274 e. The van der Waals surface area contributed by atoms with Crippen molar-refractivity contribution in [1.29, 1.82) is 0 Å². The molecule has 0 spiro atoms. The Labute approximate surface area is 124 Å². The Hall–Kier alpha value is -2.36. The Morgan fingerprint density at radius 2 is 1.76 bits per heavy atom. The van der Waals surface area contributed by atoms with E-state index < -0.39 is 0 Å². The van der Waals surface area contributed by atoms with Gasteiger partial charge in [0.2, 0.25) is 0 Å². The van der Waals surface area contributed by atoms with Crippen molar-refractivity contribution in [3.8, 4) is 0 Å². The van der Waals surface area contributed by atoms with E-state index in [-0.39, 0.29) is 11.7 Å². The van der Waals surface area contributed by atoms with E-state index >= 15 is 0 Å². The summed E-state index contributed by atoms with van der Waals surface area (Å²) in [6.45, 7) is 7.65. The smallest absolute Gasteiger partial charge is 0.274 e. The summed E-state index contributed by atoms with van der Waals surface area (Å²) in [4.78, 5) is 29.2. The number of ketones is 1. The Morgan fingerprint density at radius 1 is 1.14 bits per heavy atom. The van der Waals surface area contributed by atoms with Gasteiger partial charge in [-0.05, 0) is 45.4 Å². The zero-order valence-corrected chi connectivity index (χ0v) is 12.9. The molecule has 0 atom stereocenters. The third-order valence-electron chi connectivity index (χ3n) is 3.63. The van der Waals surface area contributed by atoms with Gasteiger partial charge in [-0.2, -0.15) is 0 Å². The predicted molar refractivity (Wildman–Crippen MR) is 84.1 cm³/mol. The molecule has 1 aromatic heterocycles. The Morgan fingerprint density at radius 3 is 2.24 bits per heavy atom. The van der Waals surface area contributed by atoms with Gasteiger partial charge in [0.15, 0.2) is 5.78 Å². The fourth-order valence-corrected chi connectivity index (χ4v) is 2.68. The summed E-state index contributed by atoms with van der Waals surface area (Å²) in [5.74, 6) is -0.139. The SMILES string of the molecule is CCN(C(=O)c1[nH]c(C)c(C(C)=O)c1C)c1ccccc1. The maximum absolute atomic E-state index is 12.8. The number of carbonyl (C=O) groups excluding carboxylic acids is 2. The molecule has 0 saturated heterocycles. The minimum atomic E-state index is -0.114. The zero-order valence-electron chi connectivity index (χ0n) is 12.9. The third-order valence-corrected chi connectivity index (χ3v) is 3.63. The molecule has 0 aliphatic rings. The molecule has 4 nitrogen and oxygen atoms in total. The van der Waals surface area contributed by atoms with Gasteiger partial charge < -0.3 is 9.88 Å². The number of nitrogens with zero attached hydrogens (tertiary/aromatic N) is 1. The number of benzene rings is 1. The number of anilines is 1. The normalized spacial score (nSPS) is 10.5. The quantitative estimate of drug-likeness (QED) is 0.874. The number of Topliss-reactive ketones (excluding diaryl/α,β-unsaturated/α-hetero) is 1. The van der Waals surface area contributed by atoms with E-state index in [1.807, 2.05) is 51.1 Å². The lowest BCUT2D eigenvalue weighted by molar-refractivity contribution is 0.0983. The Bertz CT molecular complexity index is 672. The number of rotatable bonds is 4. The molecule has 2 aromatic rings. The number of nitrogens with one attached hydrogen (secondary N) is 1. The highest BCUT2D eigenvalue weighted by molar-refractivity contribution is 6.08.